The lowest BCUT2D eigenvalue weighted by Crippen LogP contribution is -2.36. The summed E-state index contributed by atoms with van der Waals surface area (Å²) in [6.07, 6.45) is 0. The molecule has 0 unspecified atom stereocenters. The highest BCUT2D eigenvalue weighted by molar-refractivity contribution is 5.95. The number of nitrogens with zero attached hydrogens (tertiary/aromatic N) is 2. The lowest BCUT2D eigenvalue weighted by Gasteiger charge is -2.29. The number of morpholine rings is 1. The van der Waals surface area contributed by atoms with E-state index in [4.69, 9.17) is 10.5 Å². The Morgan fingerprint density at radius 2 is 1.86 bits per heavy atom. The van der Waals surface area contributed by atoms with Gasteiger partial charge in [-0.1, -0.05) is 30.3 Å². The first-order valence-corrected chi connectivity index (χ1v) is 9.83. The van der Waals surface area contributed by atoms with E-state index in [1.807, 2.05) is 23.1 Å². The molecule has 2 aliphatic heterocycles. The van der Waals surface area contributed by atoms with E-state index in [1.165, 1.54) is 17.7 Å². The number of amides is 1. The monoisotopic (exact) mass is 383 g/mol. The van der Waals surface area contributed by atoms with Crippen molar-refractivity contribution in [3.05, 3.63) is 65.5 Å². The molecule has 4 rings (SSSR count). The molecule has 2 heterocycles. The van der Waals surface area contributed by atoms with Gasteiger partial charge in [0.2, 0.25) is 0 Å². The van der Waals surface area contributed by atoms with Crippen molar-refractivity contribution in [3.8, 4) is 0 Å². The molecule has 0 spiro atoms. The summed E-state index contributed by atoms with van der Waals surface area (Å²) in [6, 6.07) is 14.8. The topological polar surface area (TPSA) is 58.8 Å². The van der Waals surface area contributed by atoms with Crippen LogP contribution in [-0.2, 0) is 4.74 Å². The lowest BCUT2D eigenvalue weighted by atomic mass is 9.89. The zero-order valence-corrected chi connectivity index (χ0v) is 15.9. The Morgan fingerprint density at radius 3 is 2.57 bits per heavy atom. The van der Waals surface area contributed by atoms with Crippen molar-refractivity contribution in [2.24, 2.45) is 11.7 Å². The van der Waals surface area contributed by atoms with Crippen LogP contribution < -0.4 is 10.6 Å². The summed E-state index contributed by atoms with van der Waals surface area (Å²) in [6.45, 7) is 4.35. The number of hydrogen-bond acceptors (Lipinski definition) is 4. The molecule has 2 atom stereocenters. The molecule has 0 radical (unpaired) electrons. The second-order valence-electron chi connectivity index (χ2n) is 7.52. The second kappa shape index (κ2) is 8.29. The van der Waals surface area contributed by atoms with E-state index in [2.05, 4.69) is 17.0 Å². The van der Waals surface area contributed by atoms with Gasteiger partial charge in [-0.3, -0.25) is 4.79 Å². The van der Waals surface area contributed by atoms with Gasteiger partial charge in [-0.05, 0) is 36.2 Å². The summed E-state index contributed by atoms with van der Waals surface area (Å²) in [5.41, 5.74) is 8.32. The average Bonchev–Trinajstić information content (AvgIpc) is 3.18. The van der Waals surface area contributed by atoms with E-state index in [9.17, 15) is 9.18 Å². The number of benzene rings is 2. The Labute approximate surface area is 164 Å². The van der Waals surface area contributed by atoms with Crippen LogP contribution in [0.1, 0.15) is 21.8 Å². The van der Waals surface area contributed by atoms with Crippen molar-refractivity contribution in [3.63, 3.8) is 0 Å². The molecule has 0 aromatic heterocycles. The van der Waals surface area contributed by atoms with Gasteiger partial charge < -0.3 is 20.3 Å². The predicted molar refractivity (Wildman–Crippen MR) is 107 cm³/mol. The Balaban J connectivity index is 1.55. The van der Waals surface area contributed by atoms with E-state index >= 15 is 0 Å². The molecule has 28 heavy (non-hydrogen) atoms. The zero-order valence-electron chi connectivity index (χ0n) is 15.9. The summed E-state index contributed by atoms with van der Waals surface area (Å²) in [5, 5.41) is 0. The SMILES string of the molecule is NC[C@@H]1CN(C(=O)c2cc(F)cc(N3CCOCC3)c2)C[C@H]1c1ccccc1. The first kappa shape index (κ1) is 18.9. The van der Waals surface area contributed by atoms with Crippen molar-refractivity contribution in [2.45, 2.75) is 5.92 Å². The third kappa shape index (κ3) is 3.88. The normalized spacial score (nSPS) is 22.5. The van der Waals surface area contributed by atoms with Gasteiger partial charge in [-0.15, -0.1) is 0 Å². The average molecular weight is 383 g/mol. The summed E-state index contributed by atoms with van der Waals surface area (Å²) in [4.78, 5) is 17.0. The maximum Gasteiger partial charge on any atom is 0.254 e. The van der Waals surface area contributed by atoms with Gasteiger partial charge in [0.1, 0.15) is 5.82 Å². The molecule has 2 fully saturated rings. The van der Waals surface area contributed by atoms with Crippen LogP contribution in [0.2, 0.25) is 0 Å². The second-order valence-corrected chi connectivity index (χ2v) is 7.52. The van der Waals surface area contributed by atoms with E-state index in [1.54, 1.807) is 6.07 Å². The summed E-state index contributed by atoms with van der Waals surface area (Å²) in [5.74, 6) is -0.103. The maximum atomic E-state index is 14.3. The molecule has 1 amide bonds. The number of ether oxygens (including phenoxy) is 1. The van der Waals surface area contributed by atoms with Gasteiger partial charge in [-0.25, -0.2) is 4.39 Å². The molecule has 2 aromatic rings. The van der Waals surface area contributed by atoms with Gasteiger partial charge >= 0.3 is 0 Å². The molecular weight excluding hydrogens is 357 g/mol. The van der Waals surface area contributed by atoms with Crippen LogP contribution in [0.25, 0.3) is 0 Å². The number of carbonyl (C=O) groups excluding carboxylic acids is 1. The van der Waals surface area contributed by atoms with Gasteiger partial charge in [-0.2, -0.15) is 0 Å². The molecule has 2 aliphatic rings. The first-order chi connectivity index (χ1) is 13.7. The highest BCUT2D eigenvalue weighted by Gasteiger charge is 2.35. The smallest absolute Gasteiger partial charge is 0.254 e. The standard InChI is InChI=1S/C22H26FN3O2/c23-19-10-17(11-20(12-19)25-6-8-28-9-7-25)22(27)26-14-18(13-24)21(15-26)16-4-2-1-3-5-16/h1-5,10-12,18,21H,6-9,13-15,24H2/t18-,21+/m1/s1. The summed E-state index contributed by atoms with van der Waals surface area (Å²) in [7, 11) is 0. The Morgan fingerprint density at radius 1 is 1.11 bits per heavy atom. The third-order valence-corrected chi connectivity index (χ3v) is 5.76. The van der Waals surface area contributed by atoms with E-state index in [-0.39, 0.29) is 23.6 Å². The molecule has 5 nitrogen and oxygen atoms in total. The molecular formula is C22H26FN3O2. The van der Waals surface area contributed by atoms with Crippen molar-refractivity contribution in [1.82, 2.24) is 4.90 Å². The van der Waals surface area contributed by atoms with Gasteiger partial charge in [0.25, 0.3) is 5.91 Å². The Kier molecular flexibility index (Phi) is 5.59. The van der Waals surface area contributed by atoms with Crippen LogP contribution >= 0.6 is 0 Å². The molecule has 6 heteroatoms. The lowest BCUT2D eigenvalue weighted by molar-refractivity contribution is 0.0786. The predicted octanol–water partition coefficient (Wildman–Crippen LogP) is 2.48. The van der Waals surface area contributed by atoms with Crippen molar-refractivity contribution in [2.75, 3.05) is 50.8 Å². The number of halogens is 1. The number of carbonyl (C=O) groups is 1. The van der Waals surface area contributed by atoms with E-state index < -0.39 is 0 Å². The molecule has 0 bridgehead atoms. The summed E-state index contributed by atoms with van der Waals surface area (Å²) < 4.78 is 19.6. The van der Waals surface area contributed by atoms with Crippen LogP contribution in [-0.4, -0.2) is 56.7 Å². The van der Waals surface area contributed by atoms with Crippen LogP contribution in [0.4, 0.5) is 10.1 Å². The Bertz CT molecular complexity index is 824. The largest absolute Gasteiger partial charge is 0.378 e. The van der Waals surface area contributed by atoms with Crippen LogP contribution in [0.3, 0.4) is 0 Å². The van der Waals surface area contributed by atoms with Crippen molar-refractivity contribution in [1.29, 1.82) is 0 Å². The van der Waals surface area contributed by atoms with Crippen LogP contribution in [0, 0.1) is 11.7 Å². The molecule has 0 aliphatic carbocycles. The van der Waals surface area contributed by atoms with Crippen molar-refractivity contribution < 1.29 is 13.9 Å². The van der Waals surface area contributed by atoms with E-state index in [0.717, 1.165) is 5.69 Å². The van der Waals surface area contributed by atoms with E-state index in [0.29, 0.717) is 51.5 Å². The molecule has 0 saturated carbocycles. The minimum absolute atomic E-state index is 0.133. The van der Waals surface area contributed by atoms with Gasteiger partial charge in [0, 0.05) is 43.3 Å². The maximum absolute atomic E-state index is 14.3. The highest BCUT2D eigenvalue weighted by Crippen LogP contribution is 2.33. The molecule has 148 valence electrons. The fourth-order valence-corrected chi connectivity index (χ4v) is 4.24. The zero-order chi connectivity index (χ0) is 19.5. The summed E-state index contributed by atoms with van der Waals surface area (Å²) >= 11 is 0. The Hall–Kier alpha value is -2.44. The fraction of sp³-hybridized carbons (Fsp3) is 0.409. The number of anilines is 1. The fourth-order valence-electron chi connectivity index (χ4n) is 4.24. The third-order valence-electron chi connectivity index (χ3n) is 5.76. The molecule has 2 N–H and O–H groups in total. The van der Waals surface area contributed by atoms with Gasteiger partial charge in [0.15, 0.2) is 0 Å². The minimum Gasteiger partial charge on any atom is -0.378 e. The number of likely N-dealkylation sites (tertiary alicyclic amines) is 1. The van der Waals surface area contributed by atoms with Crippen molar-refractivity contribution >= 4 is 11.6 Å². The highest BCUT2D eigenvalue weighted by atomic mass is 19.1. The number of nitrogens with two attached hydrogens (primary N) is 1. The minimum atomic E-state index is -0.387. The first-order valence-electron chi connectivity index (χ1n) is 9.83. The molecule has 2 saturated heterocycles. The molecule has 2 aromatic carbocycles. The van der Waals surface area contributed by atoms with Gasteiger partial charge in [0.05, 0.1) is 13.2 Å². The van der Waals surface area contributed by atoms with Crippen LogP contribution in [0.5, 0.6) is 0 Å². The number of rotatable bonds is 4. The van der Waals surface area contributed by atoms with Crippen LogP contribution in [0.15, 0.2) is 48.5 Å². The number of hydrogen-bond donors (Lipinski definition) is 1. The quantitative estimate of drug-likeness (QED) is 0.881.